The van der Waals surface area contributed by atoms with Crippen LogP contribution in [0.5, 0.6) is 0 Å². The quantitative estimate of drug-likeness (QED) is 0.864. The number of benzene rings is 1. The summed E-state index contributed by atoms with van der Waals surface area (Å²) in [5.41, 5.74) is 3.84. The summed E-state index contributed by atoms with van der Waals surface area (Å²) in [4.78, 5) is 4.46. The van der Waals surface area contributed by atoms with Crippen LogP contribution in [0, 0.1) is 19.7 Å². The zero-order chi connectivity index (χ0) is 15.2. The number of hydrogen-bond donors (Lipinski definition) is 1. The van der Waals surface area contributed by atoms with Gasteiger partial charge in [-0.05, 0) is 55.6 Å². The first-order chi connectivity index (χ1) is 10.1. The second kappa shape index (κ2) is 7.32. The number of rotatable bonds is 6. The second-order valence-corrected chi connectivity index (χ2v) is 5.55. The van der Waals surface area contributed by atoms with E-state index in [0.717, 1.165) is 36.2 Å². The molecular weight excluding hydrogens is 263 g/mol. The van der Waals surface area contributed by atoms with Crippen molar-refractivity contribution in [1.82, 2.24) is 10.3 Å². The van der Waals surface area contributed by atoms with Gasteiger partial charge in [0.05, 0.1) is 0 Å². The van der Waals surface area contributed by atoms with Gasteiger partial charge in [-0.15, -0.1) is 0 Å². The van der Waals surface area contributed by atoms with Crippen LogP contribution in [0.1, 0.15) is 41.8 Å². The predicted octanol–water partition coefficient (Wildman–Crippen LogP) is 4.12. The summed E-state index contributed by atoms with van der Waals surface area (Å²) in [7, 11) is 0. The highest BCUT2D eigenvalue weighted by Gasteiger charge is 2.13. The van der Waals surface area contributed by atoms with E-state index in [1.807, 2.05) is 31.3 Å². The Balaban J connectivity index is 2.20. The zero-order valence-electron chi connectivity index (χ0n) is 13.0. The maximum Gasteiger partial charge on any atom is 0.126 e. The molecule has 0 bridgehead atoms. The third-order valence-corrected chi connectivity index (χ3v) is 3.62. The molecule has 1 atom stereocenters. The minimum atomic E-state index is -0.146. The molecule has 0 fully saturated rings. The van der Waals surface area contributed by atoms with Gasteiger partial charge in [-0.1, -0.05) is 25.1 Å². The molecule has 2 nitrogen and oxygen atoms in total. The maximum absolute atomic E-state index is 13.8. The van der Waals surface area contributed by atoms with E-state index in [-0.39, 0.29) is 11.9 Å². The zero-order valence-corrected chi connectivity index (χ0v) is 13.0. The van der Waals surface area contributed by atoms with Gasteiger partial charge in [0.1, 0.15) is 5.82 Å². The molecule has 1 aromatic heterocycles. The van der Waals surface area contributed by atoms with Crippen LogP contribution in [-0.2, 0) is 6.42 Å². The minimum Gasteiger partial charge on any atom is -0.310 e. The Kier molecular flexibility index (Phi) is 5.45. The molecule has 0 aliphatic heterocycles. The average molecular weight is 286 g/mol. The summed E-state index contributed by atoms with van der Waals surface area (Å²) in [6.45, 7) is 6.85. The topological polar surface area (TPSA) is 24.9 Å². The van der Waals surface area contributed by atoms with E-state index in [1.54, 1.807) is 13.0 Å². The number of hydrogen-bond acceptors (Lipinski definition) is 2. The van der Waals surface area contributed by atoms with Crippen LogP contribution in [-0.4, -0.2) is 11.5 Å². The van der Waals surface area contributed by atoms with Crippen molar-refractivity contribution in [1.29, 1.82) is 0 Å². The first kappa shape index (κ1) is 15.6. The summed E-state index contributed by atoms with van der Waals surface area (Å²) in [6, 6.07) is 9.68. The van der Waals surface area contributed by atoms with Gasteiger partial charge in [0.2, 0.25) is 0 Å². The molecular formula is C18H23FN2. The Morgan fingerprint density at radius 2 is 2.00 bits per heavy atom. The van der Waals surface area contributed by atoms with Crippen molar-refractivity contribution in [2.24, 2.45) is 0 Å². The van der Waals surface area contributed by atoms with Crippen molar-refractivity contribution < 1.29 is 4.39 Å². The lowest BCUT2D eigenvalue weighted by molar-refractivity contribution is 0.519. The number of pyridine rings is 1. The summed E-state index contributed by atoms with van der Waals surface area (Å²) < 4.78 is 13.8. The van der Waals surface area contributed by atoms with Gasteiger partial charge in [-0.2, -0.15) is 0 Å². The fourth-order valence-electron chi connectivity index (χ4n) is 2.28. The van der Waals surface area contributed by atoms with Gasteiger partial charge in [0.15, 0.2) is 0 Å². The summed E-state index contributed by atoms with van der Waals surface area (Å²) in [5, 5.41) is 3.49. The van der Waals surface area contributed by atoms with Crippen LogP contribution >= 0.6 is 0 Å². The molecule has 0 radical (unpaired) electrons. The molecule has 0 spiro atoms. The molecule has 2 rings (SSSR count). The van der Waals surface area contributed by atoms with E-state index in [1.165, 1.54) is 0 Å². The van der Waals surface area contributed by atoms with Crippen LogP contribution in [0.25, 0.3) is 0 Å². The number of nitrogens with zero attached hydrogens (tertiary/aromatic N) is 1. The third-order valence-electron chi connectivity index (χ3n) is 3.62. The largest absolute Gasteiger partial charge is 0.310 e. The normalized spacial score (nSPS) is 12.4. The smallest absolute Gasteiger partial charge is 0.126 e. The highest BCUT2D eigenvalue weighted by molar-refractivity contribution is 5.27. The number of halogens is 1. The highest BCUT2D eigenvalue weighted by atomic mass is 19.1. The monoisotopic (exact) mass is 286 g/mol. The first-order valence-corrected chi connectivity index (χ1v) is 7.51. The first-order valence-electron chi connectivity index (χ1n) is 7.51. The predicted molar refractivity (Wildman–Crippen MR) is 84.8 cm³/mol. The Hall–Kier alpha value is -1.74. The Morgan fingerprint density at radius 1 is 1.19 bits per heavy atom. The van der Waals surface area contributed by atoms with Crippen molar-refractivity contribution in [3.05, 3.63) is 64.7 Å². The fraction of sp³-hybridized carbons (Fsp3) is 0.389. The maximum atomic E-state index is 13.8. The molecule has 0 saturated carbocycles. The van der Waals surface area contributed by atoms with E-state index < -0.39 is 0 Å². The highest BCUT2D eigenvalue weighted by Crippen LogP contribution is 2.20. The van der Waals surface area contributed by atoms with Gasteiger partial charge in [0.25, 0.3) is 0 Å². The molecule has 21 heavy (non-hydrogen) atoms. The van der Waals surface area contributed by atoms with Gasteiger partial charge in [-0.3, -0.25) is 4.98 Å². The standard InChI is InChI=1S/C18H23FN2/c1-4-9-20-18(11-16-8-5-13(2)12-21-16)15-7-6-14(3)17(19)10-15/h5-8,10,12,18,20H,4,9,11H2,1-3H3. The molecule has 1 heterocycles. The lowest BCUT2D eigenvalue weighted by atomic mass is 9.99. The van der Waals surface area contributed by atoms with Crippen molar-refractivity contribution in [2.75, 3.05) is 6.54 Å². The van der Waals surface area contributed by atoms with E-state index >= 15 is 0 Å². The molecule has 0 saturated heterocycles. The molecule has 112 valence electrons. The lowest BCUT2D eigenvalue weighted by Gasteiger charge is -2.19. The molecule has 2 aromatic rings. The van der Waals surface area contributed by atoms with Crippen LogP contribution in [0.4, 0.5) is 4.39 Å². The van der Waals surface area contributed by atoms with Gasteiger partial charge < -0.3 is 5.32 Å². The molecule has 3 heteroatoms. The average Bonchev–Trinajstić information content (AvgIpc) is 2.48. The molecule has 1 unspecified atom stereocenters. The van der Waals surface area contributed by atoms with E-state index in [0.29, 0.717) is 5.56 Å². The Bertz CT molecular complexity index is 578. The molecule has 0 aliphatic carbocycles. The van der Waals surface area contributed by atoms with Crippen LogP contribution in [0.15, 0.2) is 36.5 Å². The third kappa shape index (κ3) is 4.36. The minimum absolute atomic E-state index is 0.0928. The Morgan fingerprint density at radius 3 is 2.62 bits per heavy atom. The number of aromatic nitrogens is 1. The van der Waals surface area contributed by atoms with Crippen molar-refractivity contribution in [2.45, 2.75) is 39.7 Å². The van der Waals surface area contributed by atoms with Crippen molar-refractivity contribution >= 4 is 0 Å². The van der Waals surface area contributed by atoms with Gasteiger partial charge >= 0.3 is 0 Å². The van der Waals surface area contributed by atoms with Gasteiger partial charge in [-0.25, -0.2) is 4.39 Å². The molecule has 1 N–H and O–H groups in total. The molecule has 0 amide bonds. The molecule has 1 aromatic carbocycles. The van der Waals surface area contributed by atoms with E-state index in [2.05, 4.69) is 23.3 Å². The summed E-state index contributed by atoms with van der Waals surface area (Å²) >= 11 is 0. The van der Waals surface area contributed by atoms with E-state index in [4.69, 9.17) is 0 Å². The summed E-state index contributed by atoms with van der Waals surface area (Å²) in [5.74, 6) is -0.146. The van der Waals surface area contributed by atoms with Crippen LogP contribution in [0.2, 0.25) is 0 Å². The number of nitrogens with one attached hydrogen (secondary N) is 1. The van der Waals surface area contributed by atoms with Crippen LogP contribution in [0.3, 0.4) is 0 Å². The van der Waals surface area contributed by atoms with Gasteiger partial charge in [0, 0.05) is 24.4 Å². The fourth-order valence-corrected chi connectivity index (χ4v) is 2.28. The SMILES string of the molecule is CCCNC(Cc1ccc(C)cn1)c1ccc(C)c(F)c1. The second-order valence-electron chi connectivity index (χ2n) is 5.55. The molecule has 0 aliphatic rings. The Labute approximate surface area is 126 Å². The lowest BCUT2D eigenvalue weighted by Crippen LogP contribution is -2.24. The van der Waals surface area contributed by atoms with Crippen molar-refractivity contribution in [3.8, 4) is 0 Å². The summed E-state index contributed by atoms with van der Waals surface area (Å²) in [6.07, 6.45) is 3.69. The van der Waals surface area contributed by atoms with E-state index in [9.17, 15) is 4.39 Å². The number of aryl methyl sites for hydroxylation is 2. The van der Waals surface area contributed by atoms with Crippen LogP contribution < -0.4 is 5.32 Å². The van der Waals surface area contributed by atoms with Crippen molar-refractivity contribution in [3.63, 3.8) is 0 Å².